The molecule has 0 bridgehead atoms. The van der Waals surface area contributed by atoms with E-state index >= 15 is 0 Å². The Morgan fingerprint density at radius 3 is 2.69 bits per heavy atom. The number of carbonyl (C=O) groups is 2. The van der Waals surface area contributed by atoms with Crippen molar-refractivity contribution in [1.82, 2.24) is 15.1 Å². The molecule has 0 aromatic carbocycles. The number of nitrogens with zero attached hydrogens (tertiary/aromatic N) is 2. The van der Waals surface area contributed by atoms with Crippen LogP contribution in [0.5, 0.6) is 0 Å². The summed E-state index contributed by atoms with van der Waals surface area (Å²) >= 11 is 0. The van der Waals surface area contributed by atoms with Crippen LogP contribution in [0.2, 0.25) is 0 Å². The minimum atomic E-state index is -0.165. The monoisotopic (exact) mass is 549 g/mol. The predicted molar refractivity (Wildman–Crippen MR) is 143 cm³/mol. The van der Waals surface area contributed by atoms with Crippen molar-refractivity contribution in [2.24, 2.45) is 23.7 Å². The van der Waals surface area contributed by atoms with Gasteiger partial charge in [0.25, 0.3) is 0 Å². The molecule has 2 amide bonds. The third-order valence-corrected chi connectivity index (χ3v) is 10.9. The maximum absolute atomic E-state index is 14.2. The summed E-state index contributed by atoms with van der Waals surface area (Å²) in [7, 11) is 3.48. The van der Waals surface area contributed by atoms with Gasteiger partial charge in [-0.2, -0.15) is 0 Å². The van der Waals surface area contributed by atoms with Crippen molar-refractivity contribution in [3.05, 3.63) is 0 Å². The first-order valence-corrected chi connectivity index (χ1v) is 15.5. The fraction of sp³-hybridized carbons (Fsp3) is 0.931. The molecule has 2 aliphatic carbocycles. The SMILES string of the molecule is COC1CCC2C3[NH2+]CCC4C5CC(OCC(=O)NCCCN6CCOCC6)CCC5N(C(=O)C2C1OC)C43. The minimum Gasteiger partial charge on any atom is -0.379 e. The fourth-order valence-corrected chi connectivity index (χ4v) is 9.25. The van der Waals surface area contributed by atoms with E-state index in [0.29, 0.717) is 42.3 Å². The van der Waals surface area contributed by atoms with Crippen molar-refractivity contribution in [2.45, 2.75) is 81.4 Å². The lowest BCUT2D eigenvalue weighted by molar-refractivity contribution is -0.713. The third-order valence-electron chi connectivity index (χ3n) is 10.9. The highest BCUT2D eigenvalue weighted by Gasteiger charge is 2.66. The second-order valence-electron chi connectivity index (χ2n) is 12.7. The van der Waals surface area contributed by atoms with Crippen molar-refractivity contribution in [2.75, 3.05) is 66.8 Å². The lowest BCUT2D eigenvalue weighted by atomic mass is 9.64. The number of rotatable bonds is 9. The summed E-state index contributed by atoms with van der Waals surface area (Å²) < 4.78 is 23.3. The number of hydrogen-bond acceptors (Lipinski definition) is 7. The summed E-state index contributed by atoms with van der Waals surface area (Å²) in [5.74, 6) is 1.54. The van der Waals surface area contributed by atoms with E-state index in [1.54, 1.807) is 14.2 Å². The predicted octanol–water partition coefficient (Wildman–Crippen LogP) is -0.389. The maximum atomic E-state index is 14.2. The van der Waals surface area contributed by atoms with Crippen molar-refractivity contribution in [3.8, 4) is 0 Å². The van der Waals surface area contributed by atoms with Crippen LogP contribution < -0.4 is 10.6 Å². The van der Waals surface area contributed by atoms with Gasteiger partial charge in [0.1, 0.15) is 12.6 Å². The Kier molecular flexibility index (Phi) is 8.77. The molecule has 10 nitrogen and oxygen atoms in total. The van der Waals surface area contributed by atoms with Crippen LogP contribution in [-0.2, 0) is 28.5 Å². The molecule has 6 rings (SSSR count). The number of ether oxygens (including phenoxy) is 4. The summed E-state index contributed by atoms with van der Waals surface area (Å²) in [6, 6.07) is 1.07. The highest BCUT2D eigenvalue weighted by atomic mass is 16.5. The summed E-state index contributed by atoms with van der Waals surface area (Å²) in [6.07, 6.45) is 6.85. The van der Waals surface area contributed by atoms with Crippen LogP contribution in [0.4, 0.5) is 0 Å². The average molecular weight is 550 g/mol. The van der Waals surface area contributed by atoms with E-state index in [4.69, 9.17) is 18.9 Å². The Bertz CT molecular complexity index is 871. The van der Waals surface area contributed by atoms with Crippen LogP contribution in [0.15, 0.2) is 0 Å². The summed E-state index contributed by atoms with van der Waals surface area (Å²) in [6.45, 7) is 6.50. The normalized spacial score (nSPS) is 42.0. The number of carbonyl (C=O) groups excluding carboxylic acids is 2. The molecule has 10 unspecified atom stereocenters. The smallest absolute Gasteiger partial charge is 0.246 e. The second kappa shape index (κ2) is 12.3. The first-order valence-electron chi connectivity index (χ1n) is 15.5. The summed E-state index contributed by atoms with van der Waals surface area (Å²) in [5, 5.41) is 5.57. The van der Waals surface area contributed by atoms with Gasteiger partial charge in [0, 0.05) is 52.2 Å². The topological polar surface area (TPSA) is 106 Å². The number of hydrogen-bond donors (Lipinski definition) is 2. The molecule has 6 fully saturated rings. The van der Waals surface area contributed by atoms with Crippen molar-refractivity contribution >= 4 is 11.8 Å². The van der Waals surface area contributed by atoms with E-state index < -0.39 is 0 Å². The fourth-order valence-electron chi connectivity index (χ4n) is 9.25. The molecule has 0 radical (unpaired) electrons. The van der Waals surface area contributed by atoms with Crippen molar-refractivity contribution in [3.63, 3.8) is 0 Å². The van der Waals surface area contributed by atoms with Gasteiger partial charge >= 0.3 is 0 Å². The number of fused-ring (bicyclic) bond motifs is 5. The van der Waals surface area contributed by atoms with E-state index in [1.165, 1.54) is 0 Å². The van der Waals surface area contributed by atoms with Crippen LogP contribution in [0.1, 0.15) is 44.9 Å². The lowest BCUT2D eigenvalue weighted by Gasteiger charge is -2.53. The largest absolute Gasteiger partial charge is 0.379 e. The molecule has 39 heavy (non-hydrogen) atoms. The quantitative estimate of drug-likeness (QED) is 0.378. The number of morpholine rings is 1. The number of nitrogens with one attached hydrogen (secondary N) is 1. The zero-order valence-electron chi connectivity index (χ0n) is 23.8. The second-order valence-corrected chi connectivity index (χ2v) is 12.7. The molecule has 2 saturated carbocycles. The van der Waals surface area contributed by atoms with Crippen LogP contribution in [0.3, 0.4) is 0 Å². The summed E-state index contributed by atoms with van der Waals surface area (Å²) in [5.41, 5.74) is 0. The molecule has 0 aromatic rings. The molecule has 0 aromatic heterocycles. The minimum absolute atomic E-state index is 0.0100. The molecule has 3 N–H and O–H groups in total. The van der Waals surface area contributed by atoms with Crippen LogP contribution >= 0.6 is 0 Å². The van der Waals surface area contributed by atoms with Gasteiger partial charge in [0.2, 0.25) is 11.8 Å². The lowest BCUT2D eigenvalue weighted by Crippen LogP contribution is -2.99. The van der Waals surface area contributed by atoms with Crippen LogP contribution in [-0.4, -0.2) is 125 Å². The average Bonchev–Trinajstić information content (AvgIpc) is 3.31. The summed E-state index contributed by atoms with van der Waals surface area (Å²) in [4.78, 5) is 31.4. The van der Waals surface area contributed by atoms with Crippen molar-refractivity contribution in [1.29, 1.82) is 0 Å². The first kappa shape index (κ1) is 27.8. The molecule has 6 aliphatic rings. The Morgan fingerprint density at radius 2 is 1.90 bits per heavy atom. The Balaban J connectivity index is 1.04. The molecular formula is C29H49N4O6+. The van der Waals surface area contributed by atoms with E-state index in [9.17, 15) is 9.59 Å². The Hall–Kier alpha value is -1.30. The van der Waals surface area contributed by atoms with Gasteiger partial charge in [0.05, 0.1) is 50.0 Å². The third kappa shape index (κ3) is 5.37. The molecule has 220 valence electrons. The number of piperidine rings is 2. The van der Waals surface area contributed by atoms with Gasteiger partial charge < -0.3 is 34.5 Å². The van der Waals surface area contributed by atoms with Gasteiger partial charge in [-0.05, 0) is 56.9 Å². The van der Waals surface area contributed by atoms with E-state index in [0.717, 1.165) is 84.3 Å². The molecule has 10 atom stereocenters. The van der Waals surface area contributed by atoms with Gasteiger partial charge in [0.15, 0.2) is 0 Å². The number of quaternary nitrogens is 1. The Morgan fingerprint density at radius 1 is 1.05 bits per heavy atom. The first-order chi connectivity index (χ1) is 19.1. The van der Waals surface area contributed by atoms with Crippen molar-refractivity contribution < 1.29 is 33.9 Å². The molecule has 0 spiro atoms. The molecule has 4 heterocycles. The van der Waals surface area contributed by atoms with Gasteiger partial charge in [-0.25, -0.2) is 0 Å². The van der Waals surface area contributed by atoms with Gasteiger partial charge in [-0.1, -0.05) is 0 Å². The van der Waals surface area contributed by atoms with E-state index in [1.807, 2.05) is 0 Å². The van der Waals surface area contributed by atoms with E-state index in [-0.39, 0.29) is 42.8 Å². The highest BCUT2D eigenvalue weighted by Crippen LogP contribution is 2.53. The molecule has 4 saturated heterocycles. The standard InChI is InChI=1S/C29H48N4O6/c1-36-23-7-5-20-25(28(23)37-2)29(35)33-22-6-4-18(16-21(22)19-8-10-31-26(20)27(19)33)39-17-24(34)30-9-3-11-32-12-14-38-15-13-32/h18-23,25-28,31H,3-17H2,1-2H3,(H,30,34)/p+1. The van der Waals surface area contributed by atoms with E-state index in [2.05, 4.69) is 20.4 Å². The highest BCUT2D eigenvalue weighted by molar-refractivity contribution is 5.82. The maximum Gasteiger partial charge on any atom is 0.246 e. The van der Waals surface area contributed by atoms with Gasteiger partial charge in [-0.15, -0.1) is 0 Å². The number of methoxy groups -OCH3 is 2. The molecule has 4 aliphatic heterocycles. The van der Waals surface area contributed by atoms with Crippen LogP contribution in [0, 0.1) is 23.7 Å². The molecule has 10 heteroatoms. The van der Waals surface area contributed by atoms with Gasteiger partial charge in [-0.3, -0.25) is 14.5 Å². The number of nitrogens with two attached hydrogens (primary N) is 1. The molecular weight excluding hydrogens is 500 g/mol. The zero-order valence-corrected chi connectivity index (χ0v) is 23.8. The van der Waals surface area contributed by atoms with Crippen LogP contribution in [0.25, 0.3) is 0 Å². The zero-order chi connectivity index (χ0) is 26.9. The number of amides is 2. The Labute approximate surface area is 232 Å².